The fourth-order valence-electron chi connectivity index (χ4n) is 1.54. The molecule has 0 unspecified atom stereocenters. The lowest BCUT2D eigenvalue weighted by Crippen LogP contribution is -1.94. The van der Waals surface area contributed by atoms with Crippen LogP contribution in [0.4, 0.5) is 0 Å². The highest BCUT2D eigenvalue weighted by molar-refractivity contribution is 5.51. The topological polar surface area (TPSA) is 35.5 Å². The van der Waals surface area contributed by atoms with Gasteiger partial charge in [0.25, 0.3) is 0 Å². The van der Waals surface area contributed by atoms with Crippen molar-refractivity contribution in [2.24, 2.45) is 0 Å². The summed E-state index contributed by atoms with van der Waals surface area (Å²) in [5, 5.41) is 0. The van der Waals surface area contributed by atoms with Crippen LogP contribution in [0.3, 0.4) is 0 Å². The third-order valence-corrected chi connectivity index (χ3v) is 2.20. The zero-order valence-corrected chi connectivity index (χ0v) is 7.79. The van der Waals surface area contributed by atoms with E-state index in [9.17, 15) is 4.79 Å². The molecular formula is C11H11O3. The van der Waals surface area contributed by atoms with E-state index in [4.69, 9.17) is 9.47 Å². The molecule has 0 saturated heterocycles. The number of para-hydroxylation sites is 1. The molecule has 1 radical (unpaired) electrons. The Morgan fingerprint density at radius 2 is 2.29 bits per heavy atom. The van der Waals surface area contributed by atoms with Gasteiger partial charge in [-0.3, -0.25) is 4.79 Å². The molecule has 14 heavy (non-hydrogen) atoms. The summed E-state index contributed by atoms with van der Waals surface area (Å²) in [7, 11) is 0. The smallest absolute Gasteiger partial charge is 0.231 e. The van der Waals surface area contributed by atoms with Crippen LogP contribution in [-0.4, -0.2) is 13.1 Å². The minimum atomic E-state index is 0.298. The van der Waals surface area contributed by atoms with E-state index >= 15 is 0 Å². The second-order valence-electron chi connectivity index (χ2n) is 3.15. The van der Waals surface area contributed by atoms with Crippen LogP contribution >= 0.6 is 0 Å². The van der Waals surface area contributed by atoms with Crippen molar-refractivity contribution in [3.05, 3.63) is 23.8 Å². The van der Waals surface area contributed by atoms with Gasteiger partial charge in [-0.2, -0.15) is 0 Å². The lowest BCUT2D eigenvalue weighted by Gasteiger charge is -2.03. The number of aryl methyl sites for hydroxylation is 1. The van der Waals surface area contributed by atoms with Gasteiger partial charge in [0.1, 0.15) is 0 Å². The lowest BCUT2D eigenvalue weighted by molar-refractivity contribution is 0.173. The SMILES string of the molecule is O=[C]CCCc1cccc2c1OCO2. The number of hydrogen-bond donors (Lipinski definition) is 0. The molecule has 0 bridgehead atoms. The number of carbonyl (C=O) groups excluding carboxylic acids is 1. The summed E-state index contributed by atoms with van der Waals surface area (Å²) >= 11 is 0. The van der Waals surface area contributed by atoms with Gasteiger partial charge in [-0.25, -0.2) is 0 Å². The highest BCUT2D eigenvalue weighted by atomic mass is 16.7. The number of fused-ring (bicyclic) bond motifs is 1. The Hall–Kier alpha value is -1.51. The third-order valence-electron chi connectivity index (χ3n) is 2.20. The molecule has 1 aromatic rings. The van der Waals surface area contributed by atoms with E-state index in [1.165, 1.54) is 0 Å². The average molecular weight is 191 g/mol. The third kappa shape index (κ3) is 1.71. The van der Waals surface area contributed by atoms with E-state index in [2.05, 4.69) is 0 Å². The number of benzene rings is 1. The van der Waals surface area contributed by atoms with Crippen LogP contribution in [0.2, 0.25) is 0 Å². The van der Waals surface area contributed by atoms with Gasteiger partial charge in [0.15, 0.2) is 17.8 Å². The Morgan fingerprint density at radius 3 is 3.14 bits per heavy atom. The molecule has 73 valence electrons. The van der Waals surface area contributed by atoms with Crippen LogP contribution in [0.5, 0.6) is 11.5 Å². The number of ether oxygens (including phenoxy) is 2. The number of rotatable bonds is 4. The maximum absolute atomic E-state index is 10.0. The molecular weight excluding hydrogens is 180 g/mol. The van der Waals surface area contributed by atoms with Crippen LogP contribution in [0.1, 0.15) is 18.4 Å². The molecule has 0 aliphatic carbocycles. The highest BCUT2D eigenvalue weighted by Gasteiger charge is 2.16. The molecule has 0 fully saturated rings. The fourth-order valence-corrected chi connectivity index (χ4v) is 1.54. The number of unbranched alkanes of at least 4 members (excludes halogenated alkanes) is 1. The van der Waals surface area contributed by atoms with Crippen LogP contribution in [0.15, 0.2) is 18.2 Å². The Kier molecular flexibility index (Phi) is 2.68. The molecule has 1 aliphatic heterocycles. The van der Waals surface area contributed by atoms with Crippen molar-refractivity contribution >= 4 is 6.29 Å². The van der Waals surface area contributed by atoms with Crippen molar-refractivity contribution in [3.8, 4) is 11.5 Å². The van der Waals surface area contributed by atoms with E-state index < -0.39 is 0 Å². The van der Waals surface area contributed by atoms with Gasteiger partial charge < -0.3 is 9.47 Å². The normalized spacial score (nSPS) is 12.9. The van der Waals surface area contributed by atoms with Gasteiger partial charge in [-0.05, 0) is 24.5 Å². The van der Waals surface area contributed by atoms with Gasteiger partial charge in [-0.15, -0.1) is 0 Å². The molecule has 0 saturated carbocycles. The van der Waals surface area contributed by atoms with Crippen molar-refractivity contribution in [3.63, 3.8) is 0 Å². The Bertz CT molecular complexity index is 333. The Morgan fingerprint density at radius 1 is 1.36 bits per heavy atom. The predicted octanol–water partition coefficient (Wildman–Crippen LogP) is 1.85. The molecule has 0 spiro atoms. The van der Waals surface area contributed by atoms with E-state index in [1.54, 1.807) is 0 Å². The molecule has 2 rings (SSSR count). The first-order valence-corrected chi connectivity index (χ1v) is 4.64. The second kappa shape index (κ2) is 4.13. The van der Waals surface area contributed by atoms with Crippen LogP contribution in [-0.2, 0) is 11.2 Å². The van der Waals surface area contributed by atoms with Crippen molar-refractivity contribution in [1.29, 1.82) is 0 Å². The first-order valence-electron chi connectivity index (χ1n) is 4.64. The summed E-state index contributed by atoms with van der Waals surface area (Å²) in [6.07, 6.45) is 4.00. The van der Waals surface area contributed by atoms with Crippen LogP contribution < -0.4 is 9.47 Å². The summed E-state index contributed by atoms with van der Waals surface area (Å²) in [6.45, 7) is 0.298. The lowest BCUT2D eigenvalue weighted by atomic mass is 10.1. The van der Waals surface area contributed by atoms with Gasteiger partial charge in [0, 0.05) is 6.42 Å². The maximum Gasteiger partial charge on any atom is 0.231 e. The van der Waals surface area contributed by atoms with Crippen LogP contribution in [0.25, 0.3) is 0 Å². The van der Waals surface area contributed by atoms with Crippen molar-refractivity contribution in [1.82, 2.24) is 0 Å². The van der Waals surface area contributed by atoms with Crippen molar-refractivity contribution in [2.75, 3.05) is 6.79 Å². The molecule has 3 heteroatoms. The quantitative estimate of drug-likeness (QED) is 0.681. The largest absolute Gasteiger partial charge is 0.454 e. The first-order chi connectivity index (χ1) is 6.92. The van der Waals surface area contributed by atoms with Gasteiger partial charge in [0.05, 0.1) is 0 Å². The minimum absolute atomic E-state index is 0.298. The summed E-state index contributed by atoms with van der Waals surface area (Å²) in [6, 6.07) is 5.82. The molecule has 1 aliphatic rings. The molecule has 0 atom stereocenters. The van der Waals surface area contributed by atoms with E-state index in [0.29, 0.717) is 13.2 Å². The average Bonchev–Trinajstić information content (AvgIpc) is 2.67. The van der Waals surface area contributed by atoms with Gasteiger partial charge in [-0.1, -0.05) is 12.1 Å². The maximum atomic E-state index is 10.0. The van der Waals surface area contributed by atoms with E-state index in [0.717, 1.165) is 29.9 Å². The summed E-state index contributed by atoms with van der Waals surface area (Å²) in [5.41, 5.74) is 1.11. The summed E-state index contributed by atoms with van der Waals surface area (Å²) < 4.78 is 10.6. The first kappa shape index (κ1) is 9.06. The van der Waals surface area contributed by atoms with Gasteiger partial charge in [0.2, 0.25) is 6.79 Å². The van der Waals surface area contributed by atoms with E-state index in [-0.39, 0.29) is 0 Å². The molecule has 1 heterocycles. The molecule has 0 N–H and O–H groups in total. The molecule has 0 amide bonds. The zero-order valence-electron chi connectivity index (χ0n) is 7.79. The van der Waals surface area contributed by atoms with Crippen LogP contribution in [0, 0.1) is 0 Å². The number of hydrogen-bond acceptors (Lipinski definition) is 3. The standard InChI is InChI=1S/C11H11O3/c12-7-2-1-4-9-5-3-6-10-11(9)14-8-13-10/h3,5-6H,1-2,4,8H2. The van der Waals surface area contributed by atoms with Crippen molar-refractivity contribution < 1.29 is 14.3 Å². The van der Waals surface area contributed by atoms with Crippen molar-refractivity contribution in [2.45, 2.75) is 19.3 Å². The monoisotopic (exact) mass is 191 g/mol. The molecule has 0 aromatic heterocycles. The Balaban J connectivity index is 2.10. The van der Waals surface area contributed by atoms with Gasteiger partial charge >= 0.3 is 0 Å². The predicted molar refractivity (Wildman–Crippen MR) is 51.2 cm³/mol. The fraction of sp³-hybridized carbons (Fsp3) is 0.364. The van der Waals surface area contributed by atoms with E-state index in [1.807, 2.05) is 24.5 Å². The molecule has 1 aromatic carbocycles. The minimum Gasteiger partial charge on any atom is -0.454 e. The zero-order chi connectivity index (χ0) is 9.80. The summed E-state index contributed by atoms with van der Waals surface area (Å²) in [4.78, 5) is 10.0. The highest BCUT2D eigenvalue weighted by Crippen LogP contribution is 2.35. The summed E-state index contributed by atoms with van der Waals surface area (Å²) in [5.74, 6) is 1.64. The molecule has 3 nitrogen and oxygen atoms in total. The second-order valence-corrected chi connectivity index (χ2v) is 3.15. The Labute approximate surface area is 82.6 Å².